The predicted molar refractivity (Wildman–Crippen MR) is 93.0 cm³/mol. The fraction of sp³-hybridized carbons (Fsp3) is 0.278. The lowest BCUT2D eigenvalue weighted by molar-refractivity contribution is -0.119. The summed E-state index contributed by atoms with van der Waals surface area (Å²) in [5.74, 6) is 0.895. The summed E-state index contributed by atoms with van der Waals surface area (Å²) in [4.78, 5) is 18.1. The summed E-state index contributed by atoms with van der Waals surface area (Å²) in [7, 11) is 1.80. The van der Waals surface area contributed by atoms with Crippen molar-refractivity contribution in [3.05, 3.63) is 58.7 Å². The second kappa shape index (κ2) is 6.90. The minimum Gasteiger partial charge on any atom is -0.351 e. The molecule has 1 aliphatic carbocycles. The maximum Gasteiger partial charge on any atom is 0.239 e. The zero-order valence-electron chi connectivity index (χ0n) is 13.2. The molecule has 6 heteroatoms. The smallest absolute Gasteiger partial charge is 0.239 e. The Morgan fingerprint density at radius 1 is 1.42 bits per heavy atom. The molecule has 0 bridgehead atoms. The number of nitriles is 1. The fourth-order valence-electron chi connectivity index (χ4n) is 2.70. The maximum absolute atomic E-state index is 12.2. The van der Waals surface area contributed by atoms with Crippen molar-refractivity contribution in [2.24, 2.45) is 0 Å². The number of nitrogens with one attached hydrogen (secondary N) is 1. The van der Waals surface area contributed by atoms with Crippen molar-refractivity contribution in [1.82, 2.24) is 10.3 Å². The molecular formula is C18H17ClN4O. The molecule has 24 heavy (non-hydrogen) atoms. The van der Waals surface area contributed by atoms with Gasteiger partial charge in [-0.25, -0.2) is 4.98 Å². The van der Waals surface area contributed by atoms with E-state index in [1.807, 2.05) is 30.3 Å². The number of benzene rings is 1. The summed E-state index contributed by atoms with van der Waals surface area (Å²) in [6.07, 6.45) is 2.41. The number of likely N-dealkylation sites (N-methyl/N-ethyl adjacent to an activating group) is 1. The minimum atomic E-state index is -0.0526. The molecule has 2 atom stereocenters. The first-order chi connectivity index (χ1) is 11.6. The SMILES string of the molecule is CN(CC(=O)N[C@H]1C[C@H]1c1ccccc1Cl)c1ccc(C#N)cn1. The number of pyridine rings is 1. The topological polar surface area (TPSA) is 69.0 Å². The van der Waals surface area contributed by atoms with Gasteiger partial charge in [-0.1, -0.05) is 29.8 Å². The largest absolute Gasteiger partial charge is 0.351 e. The molecule has 1 N–H and O–H groups in total. The van der Waals surface area contributed by atoms with Crippen LogP contribution in [0.2, 0.25) is 5.02 Å². The zero-order valence-corrected chi connectivity index (χ0v) is 14.0. The van der Waals surface area contributed by atoms with Crippen LogP contribution in [0.5, 0.6) is 0 Å². The molecule has 1 heterocycles. The van der Waals surface area contributed by atoms with Crippen LogP contribution in [0.1, 0.15) is 23.5 Å². The molecule has 1 saturated carbocycles. The van der Waals surface area contributed by atoms with Crippen LogP contribution in [-0.2, 0) is 4.79 Å². The summed E-state index contributed by atoms with van der Waals surface area (Å²) in [5.41, 5.74) is 1.59. The summed E-state index contributed by atoms with van der Waals surface area (Å²) in [5, 5.41) is 12.6. The highest BCUT2D eigenvalue weighted by Crippen LogP contribution is 2.43. The first kappa shape index (κ1) is 16.3. The number of rotatable bonds is 5. The van der Waals surface area contributed by atoms with E-state index in [4.69, 9.17) is 16.9 Å². The van der Waals surface area contributed by atoms with Crippen molar-refractivity contribution in [2.75, 3.05) is 18.5 Å². The second-order valence-electron chi connectivity index (χ2n) is 5.91. The third kappa shape index (κ3) is 3.66. The van der Waals surface area contributed by atoms with E-state index in [9.17, 15) is 4.79 Å². The summed E-state index contributed by atoms with van der Waals surface area (Å²) in [6, 6.07) is 13.3. The van der Waals surface area contributed by atoms with Crippen molar-refractivity contribution < 1.29 is 4.79 Å². The Morgan fingerprint density at radius 2 is 2.21 bits per heavy atom. The van der Waals surface area contributed by atoms with Gasteiger partial charge in [0.05, 0.1) is 12.1 Å². The van der Waals surface area contributed by atoms with Gasteiger partial charge in [-0.3, -0.25) is 4.79 Å². The van der Waals surface area contributed by atoms with Gasteiger partial charge in [0.15, 0.2) is 0 Å². The highest BCUT2D eigenvalue weighted by Gasteiger charge is 2.40. The van der Waals surface area contributed by atoms with Crippen LogP contribution in [0.3, 0.4) is 0 Å². The van der Waals surface area contributed by atoms with Crippen LogP contribution in [-0.4, -0.2) is 30.5 Å². The van der Waals surface area contributed by atoms with Crippen molar-refractivity contribution in [3.63, 3.8) is 0 Å². The van der Waals surface area contributed by atoms with Crippen LogP contribution in [0.4, 0.5) is 5.82 Å². The summed E-state index contributed by atoms with van der Waals surface area (Å²) < 4.78 is 0. The van der Waals surface area contributed by atoms with E-state index in [1.165, 1.54) is 6.20 Å². The zero-order chi connectivity index (χ0) is 17.1. The number of aromatic nitrogens is 1. The van der Waals surface area contributed by atoms with Gasteiger partial charge in [0.1, 0.15) is 11.9 Å². The Hall–Kier alpha value is -2.58. The lowest BCUT2D eigenvalue weighted by atomic mass is 10.1. The van der Waals surface area contributed by atoms with E-state index >= 15 is 0 Å². The van der Waals surface area contributed by atoms with Crippen molar-refractivity contribution >= 4 is 23.3 Å². The van der Waals surface area contributed by atoms with Crippen molar-refractivity contribution in [2.45, 2.75) is 18.4 Å². The summed E-state index contributed by atoms with van der Waals surface area (Å²) >= 11 is 6.20. The Labute approximate surface area is 145 Å². The van der Waals surface area contributed by atoms with Gasteiger partial charge in [0.2, 0.25) is 5.91 Å². The normalized spacial score (nSPS) is 18.5. The number of carbonyl (C=O) groups excluding carboxylic acids is 1. The number of halogens is 1. The molecule has 1 aliphatic rings. The van der Waals surface area contributed by atoms with Gasteiger partial charge in [-0.15, -0.1) is 0 Å². The van der Waals surface area contributed by atoms with Gasteiger partial charge in [0, 0.05) is 30.2 Å². The van der Waals surface area contributed by atoms with Crippen LogP contribution >= 0.6 is 11.6 Å². The van der Waals surface area contributed by atoms with Crippen molar-refractivity contribution in [3.8, 4) is 6.07 Å². The number of nitrogens with zero attached hydrogens (tertiary/aromatic N) is 3. The molecule has 0 spiro atoms. The standard InChI is InChI=1S/C18H17ClN4O/c1-23(17-7-6-12(9-20)10-21-17)11-18(24)22-16-8-14(16)13-4-2-3-5-15(13)19/h2-7,10,14,16H,8,11H2,1H3,(H,22,24)/t14-,16-/m0/s1. The Bertz CT molecular complexity index is 784. The third-order valence-electron chi connectivity index (χ3n) is 4.09. The molecule has 1 amide bonds. The van der Waals surface area contributed by atoms with Gasteiger partial charge in [-0.2, -0.15) is 5.26 Å². The average Bonchev–Trinajstić information content (AvgIpc) is 3.34. The van der Waals surface area contributed by atoms with E-state index < -0.39 is 0 Å². The van der Waals surface area contributed by atoms with Crippen LogP contribution < -0.4 is 10.2 Å². The van der Waals surface area contributed by atoms with Crippen LogP contribution in [0.15, 0.2) is 42.6 Å². The van der Waals surface area contributed by atoms with Gasteiger partial charge < -0.3 is 10.2 Å². The summed E-state index contributed by atoms with van der Waals surface area (Å²) in [6.45, 7) is 0.213. The molecule has 0 radical (unpaired) electrons. The number of hydrogen-bond acceptors (Lipinski definition) is 4. The molecule has 1 aromatic carbocycles. The Balaban J connectivity index is 1.53. The molecule has 0 aliphatic heterocycles. The monoisotopic (exact) mass is 340 g/mol. The Morgan fingerprint density at radius 3 is 2.88 bits per heavy atom. The van der Waals surface area contributed by atoms with E-state index in [1.54, 1.807) is 24.1 Å². The first-order valence-electron chi connectivity index (χ1n) is 7.69. The highest BCUT2D eigenvalue weighted by atomic mass is 35.5. The number of hydrogen-bond donors (Lipinski definition) is 1. The Kier molecular flexibility index (Phi) is 4.68. The minimum absolute atomic E-state index is 0.0526. The van der Waals surface area contributed by atoms with E-state index in [0.717, 1.165) is 17.0 Å². The molecule has 122 valence electrons. The van der Waals surface area contributed by atoms with Gasteiger partial charge >= 0.3 is 0 Å². The van der Waals surface area contributed by atoms with E-state index in [0.29, 0.717) is 17.3 Å². The molecule has 2 aromatic rings. The van der Waals surface area contributed by atoms with Gasteiger partial charge in [0.25, 0.3) is 0 Å². The average molecular weight is 341 g/mol. The molecule has 5 nitrogen and oxygen atoms in total. The molecular weight excluding hydrogens is 324 g/mol. The molecule has 1 aromatic heterocycles. The molecule has 1 fully saturated rings. The van der Waals surface area contributed by atoms with Crippen LogP contribution in [0.25, 0.3) is 0 Å². The first-order valence-corrected chi connectivity index (χ1v) is 8.07. The quantitative estimate of drug-likeness (QED) is 0.908. The van der Waals surface area contributed by atoms with Crippen molar-refractivity contribution in [1.29, 1.82) is 5.26 Å². The lowest BCUT2D eigenvalue weighted by Crippen LogP contribution is -2.37. The van der Waals surface area contributed by atoms with E-state index in [2.05, 4.69) is 10.3 Å². The second-order valence-corrected chi connectivity index (χ2v) is 6.32. The third-order valence-corrected chi connectivity index (χ3v) is 4.43. The molecule has 0 saturated heterocycles. The number of carbonyl (C=O) groups is 1. The lowest BCUT2D eigenvalue weighted by Gasteiger charge is -2.17. The maximum atomic E-state index is 12.2. The predicted octanol–water partition coefficient (Wildman–Crippen LogP) is 2.72. The molecule has 3 rings (SSSR count). The number of anilines is 1. The van der Waals surface area contributed by atoms with Crippen LogP contribution in [0, 0.1) is 11.3 Å². The van der Waals surface area contributed by atoms with Gasteiger partial charge in [-0.05, 0) is 30.2 Å². The fourth-order valence-corrected chi connectivity index (χ4v) is 2.98. The molecule has 0 unspecified atom stereocenters. The number of amides is 1. The highest BCUT2D eigenvalue weighted by molar-refractivity contribution is 6.31. The van der Waals surface area contributed by atoms with E-state index in [-0.39, 0.29) is 18.5 Å².